The lowest BCUT2D eigenvalue weighted by Gasteiger charge is -2.12. The van der Waals surface area contributed by atoms with Gasteiger partial charge in [0, 0.05) is 0 Å². The zero-order valence-electron chi connectivity index (χ0n) is 18.6. The minimum Gasteiger partial charge on any atom is -0.508 e. The van der Waals surface area contributed by atoms with Crippen LogP contribution in [0.25, 0.3) is 11.1 Å². The molecule has 0 atom stereocenters. The number of carbonyl (C=O) groups is 2. The summed E-state index contributed by atoms with van der Waals surface area (Å²) in [5, 5.41) is 18.7. The number of carbonyl (C=O) groups excluding carboxylic acids is 2. The van der Waals surface area contributed by atoms with Crippen LogP contribution in [0.15, 0.2) is 84.9 Å². The van der Waals surface area contributed by atoms with E-state index in [0.29, 0.717) is 22.6 Å². The highest BCUT2D eigenvalue weighted by Crippen LogP contribution is 2.30. The molecule has 0 saturated carbocycles. The van der Waals surface area contributed by atoms with E-state index in [-0.39, 0.29) is 11.5 Å². The quantitative estimate of drug-likeness (QED) is 0.292. The average molecular weight is 454 g/mol. The summed E-state index contributed by atoms with van der Waals surface area (Å²) in [7, 11) is 0. The number of aromatic hydroxyl groups is 2. The Morgan fingerprint density at radius 3 is 1.24 bits per heavy atom. The lowest BCUT2D eigenvalue weighted by molar-refractivity contribution is 0.0724. The Bertz CT molecular complexity index is 1250. The van der Waals surface area contributed by atoms with E-state index in [0.717, 1.165) is 22.3 Å². The van der Waals surface area contributed by atoms with E-state index >= 15 is 0 Å². The molecule has 4 rings (SSSR count). The maximum atomic E-state index is 12.4. The van der Waals surface area contributed by atoms with Crippen molar-refractivity contribution in [3.8, 4) is 34.1 Å². The number of benzene rings is 4. The first kappa shape index (κ1) is 22.6. The molecule has 6 nitrogen and oxygen atoms in total. The maximum absolute atomic E-state index is 12.4. The first-order valence-corrected chi connectivity index (χ1v) is 10.5. The van der Waals surface area contributed by atoms with Crippen molar-refractivity contribution in [1.29, 1.82) is 0 Å². The van der Waals surface area contributed by atoms with Gasteiger partial charge < -0.3 is 19.7 Å². The molecule has 0 saturated heterocycles. The Morgan fingerprint density at radius 1 is 0.559 bits per heavy atom. The Balaban J connectivity index is 1.48. The first-order valence-electron chi connectivity index (χ1n) is 10.5. The van der Waals surface area contributed by atoms with E-state index in [2.05, 4.69) is 0 Å². The van der Waals surface area contributed by atoms with Gasteiger partial charge in [0.1, 0.15) is 23.0 Å². The molecule has 0 radical (unpaired) electrons. The monoisotopic (exact) mass is 454 g/mol. The molecule has 0 bridgehead atoms. The fourth-order valence-corrected chi connectivity index (χ4v) is 3.40. The summed E-state index contributed by atoms with van der Waals surface area (Å²) in [6, 6.07) is 22.7. The van der Waals surface area contributed by atoms with E-state index < -0.39 is 11.9 Å². The molecule has 0 unspecified atom stereocenters. The van der Waals surface area contributed by atoms with Gasteiger partial charge in [-0.15, -0.1) is 0 Å². The zero-order valence-corrected chi connectivity index (χ0v) is 18.6. The van der Waals surface area contributed by atoms with Crippen LogP contribution in [0, 0.1) is 13.8 Å². The smallest absolute Gasteiger partial charge is 0.343 e. The highest BCUT2D eigenvalue weighted by Gasteiger charge is 2.13. The summed E-state index contributed by atoms with van der Waals surface area (Å²) in [5.41, 5.74) is 4.09. The van der Waals surface area contributed by atoms with E-state index in [4.69, 9.17) is 9.47 Å². The molecule has 0 amide bonds. The van der Waals surface area contributed by atoms with Crippen molar-refractivity contribution in [1.82, 2.24) is 0 Å². The van der Waals surface area contributed by atoms with Crippen molar-refractivity contribution in [3.05, 3.63) is 107 Å². The van der Waals surface area contributed by atoms with Crippen molar-refractivity contribution >= 4 is 11.9 Å². The topological polar surface area (TPSA) is 93.1 Å². The molecule has 0 spiro atoms. The fraction of sp³-hybridized carbons (Fsp3) is 0.0714. The summed E-state index contributed by atoms with van der Waals surface area (Å²) in [5.74, 6) is 0.0241. The molecule has 0 fully saturated rings. The molecule has 2 N–H and O–H groups in total. The van der Waals surface area contributed by atoms with Gasteiger partial charge in [0.2, 0.25) is 0 Å². The van der Waals surface area contributed by atoms with Gasteiger partial charge in [0.05, 0.1) is 11.1 Å². The first-order chi connectivity index (χ1) is 16.3. The van der Waals surface area contributed by atoms with E-state index in [1.807, 2.05) is 38.1 Å². The third kappa shape index (κ3) is 5.07. The van der Waals surface area contributed by atoms with Gasteiger partial charge in [0.15, 0.2) is 0 Å². The van der Waals surface area contributed by atoms with Crippen LogP contribution in [0.2, 0.25) is 0 Å². The molecule has 6 heteroatoms. The van der Waals surface area contributed by atoms with Crippen molar-refractivity contribution in [2.45, 2.75) is 13.8 Å². The number of rotatable bonds is 5. The van der Waals surface area contributed by atoms with E-state index in [1.54, 1.807) is 12.1 Å². The fourth-order valence-electron chi connectivity index (χ4n) is 3.40. The van der Waals surface area contributed by atoms with E-state index in [9.17, 15) is 19.8 Å². The molecular weight excluding hydrogens is 432 g/mol. The molecule has 0 heterocycles. The molecule has 0 aliphatic rings. The molecule has 34 heavy (non-hydrogen) atoms. The third-order valence-corrected chi connectivity index (χ3v) is 5.29. The summed E-state index contributed by atoms with van der Waals surface area (Å²) >= 11 is 0. The minimum atomic E-state index is -0.508. The number of phenolic OH excluding ortho intramolecular Hbond substituents is 2. The molecule has 0 aromatic heterocycles. The summed E-state index contributed by atoms with van der Waals surface area (Å²) < 4.78 is 11.0. The standard InChI is InChI=1S/C28H22O6/c1-17-15-21(7-13-25(17)33-27(31)19-3-9-23(29)10-4-19)22-8-14-26(18(2)16-22)34-28(32)20-5-11-24(30)12-6-20/h3-16,29-30H,1-2H3. The molecule has 0 aliphatic heterocycles. The molecular formula is C28H22O6. The molecule has 4 aromatic rings. The Morgan fingerprint density at radius 2 is 0.912 bits per heavy atom. The Labute approximate surface area is 196 Å². The van der Waals surface area contributed by atoms with Crippen LogP contribution in [0.4, 0.5) is 0 Å². The molecule has 4 aromatic carbocycles. The predicted molar refractivity (Wildman–Crippen MR) is 127 cm³/mol. The molecule has 0 aliphatic carbocycles. The van der Waals surface area contributed by atoms with Crippen LogP contribution in [-0.4, -0.2) is 22.2 Å². The van der Waals surface area contributed by atoms with Gasteiger partial charge >= 0.3 is 11.9 Å². The normalized spacial score (nSPS) is 10.5. The second-order valence-corrected chi connectivity index (χ2v) is 7.83. The van der Waals surface area contributed by atoms with Crippen LogP contribution in [0.1, 0.15) is 31.8 Å². The third-order valence-electron chi connectivity index (χ3n) is 5.29. The number of phenols is 2. The summed E-state index contributed by atoms with van der Waals surface area (Å²) in [6.45, 7) is 3.70. The van der Waals surface area contributed by atoms with Gasteiger partial charge in [0.25, 0.3) is 0 Å². The van der Waals surface area contributed by atoms with Crippen molar-refractivity contribution in [2.24, 2.45) is 0 Å². The number of aryl methyl sites for hydroxylation is 2. The van der Waals surface area contributed by atoms with Gasteiger partial charge in [-0.05, 0) is 109 Å². The Kier molecular flexibility index (Phi) is 6.32. The predicted octanol–water partition coefficient (Wildman–Crippen LogP) is 5.82. The van der Waals surface area contributed by atoms with Crippen LogP contribution in [0.5, 0.6) is 23.0 Å². The van der Waals surface area contributed by atoms with Gasteiger partial charge in [-0.1, -0.05) is 12.1 Å². The number of hydrogen-bond acceptors (Lipinski definition) is 6. The van der Waals surface area contributed by atoms with Crippen molar-refractivity contribution in [2.75, 3.05) is 0 Å². The van der Waals surface area contributed by atoms with Crippen LogP contribution in [0.3, 0.4) is 0 Å². The average Bonchev–Trinajstić information content (AvgIpc) is 2.82. The van der Waals surface area contributed by atoms with Crippen molar-refractivity contribution in [3.63, 3.8) is 0 Å². The zero-order chi connectivity index (χ0) is 24.2. The highest BCUT2D eigenvalue weighted by molar-refractivity contribution is 5.92. The van der Waals surface area contributed by atoms with Crippen LogP contribution >= 0.6 is 0 Å². The second kappa shape index (κ2) is 9.50. The minimum absolute atomic E-state index is 0.0773. The van der Waals surface area contributed by atoms with Gasteiger partial charge in [-0.3, -0.25) is 0 Å². The summed E-state index contributed by atoms with van der Waals surface area (Å²) in [6.07, 6.45) is 0. The lowest BCUT2D eigenvalue weighted by Crippen LogP contribution is -2.09. The number of ether oxygens (including phenoxy) is 2. The SMILES string of the molecule is Cc1cc(-c2ccc(OC(=O)c3ccc(O)cc3)c(C)c2)ccc1OC(=O)c1ccc(O)cc1. The Hall–Kier alpha value is -4.58. The van der Waals surface area contributed by atoms with E-state index in [1.165, 1.54) is 48.5 Å². The highest BCUT2D eigenvalue weighted by atomic mass is 16.5. The molecule has 170 valence electrons. The summed E-state index contributed by atoms with van der Waals surface area (Å²) in [4.78, 5) is 24.7. The maximum Gasteiger partial charge on any atom is 0.343 e. The number of hydrogen-bond donors (Lipinski definition) is 2. The lowest BCUT2D eigenvalue weighted by atomic mass is 10.0. The van der Waals surface area contributed by atoms with Gasteiger partial charge in [-0.2, -0.15) is 0 Å². The van der Waals surface area contributed by atoms with Crippen molar-refractivity contribution < 1.29 is 29.3 Å². The van der Waals surface area contributed by atoms with Gasteiger partial charge in [-0.25, -0.2) is 9.59 Å². The second-order valence-electron chi connectivity index (χ2n) is 7.83. The largest absolute Gasteiger partial charge is 0.508 e. The van der Waals surface area contributed by atoms with Crippen LogP contribution in [-0.2, 0) is 0 Å². The number of esters is 2. The van der Waals surface area contributed by atoms with Crippen LogP contribution < -0.4 is 9.47 Å².